The van der Waals surface area contributed by atoms with Gasteiger partial charge < -0.3 is 14.6 Å². The Kier molecular flexibility index (Phi) is 9.01. The van der Waals surface area contributed by atoms with Gasteiger partial charge in [-0.25, -0.2) is 14.0 Å². The molecule has 0 radical (unpaired) electrons. The zero-order chi connectivity index (χ0) is 17.9. The third-order valence-electron chi connectivity index (χ3n) is 3.59. The van der Waals surface area contributed by atoms with E-state index < -0.39 is 23.9 Å². The van der Waals surface area contributed by atoms with Gasteiger partial charge in [-0.15, -0.1) is 0 Å². The molecule has 0 aliphatic heterocycles. The molecule has 0 aromatic heterocycles. The summed E-state index contributed by atoms with van der Waals surface area (Å²) in [4.78, 5) is 22.6. The van der Waals surface area contributed by atoms with Gasteiger partial charge in [0.05, 0.1) is 5.56 Å². The number of rotatable bonds is 11. The Morgan fingerprint density at radius 1 is 1.17 bits per heavy atom. The molecule has 0 aliphatic carbocycles. The first-order valence-electron chi connectivity index (χ1n) is 8.31. The number of carboxylic acid groups (broad SMARTS) is 1. The second-order valence-electron chi connectivity index (χ2n) is 5.65. The number of carbonyl (C=O) groups excluding carboxylic acids is 1. The van der Waals surface area contributed by atoms with E-state index in [2.05, 4.69) is 6.92 Å². The first kappa shape index (κ1) is 20.1. The minimum absolute atomic E-state index is 0.209. The Bertz CT molecular complexity index is 544. The number of hydrogen-bond donors (Lipinski definition) is 1. The number of hydrogen-bond acceptors (Lipinski definition) is 4. The van der Waals surface area contributed by atoms with Gasteiger partial charge in [-0.1, -0.05) is 39.0 Å². The van der Waals surface area contributed by atoms with Crippen LogP contribution in [0.1, 0.15) is 62.7 Å². The predicted octanol–water partition coefficient (Wildman–Crippen LogP) is 4.19. The zero-order valence-corrected chi connectivity index (χ0v) is 14.2. The first-order valence-corrected chi connectivity index (χ1v) is 8.31. The van der Waals surface area contributed by atoms with Crippen LogP contribution in [0.4, 0.5) is 4.39 Å². The average molecular weight is 340 g/mol. The molecule has 1 unspecified atom stereocenters. The van der Waals surface area contributed by atoms with Crippen molar-refractivity contribution in [2.45, 2.75) is 58.5 Å². The summed E-state index contributed by atoms with van der Waals surface area (Å²) >= 11 is 0. The van der Waals surface area contributed by atoms with Crippen LogP contribution in [0.15, 0.2) is 18.2 Å². The van der Waals surface area contributed by atoms with Crippen LogP contribution in [0.2, 0.25) is 0 Å². The standard InChI is InChI=1S/C18H25FO5/c1-3-4-5-6-7-8-11-23-13(2)18(22)24-16-10-9-14(17(20)21)12-15(16)19/h9-10,12-13H,3-8,11H2,1-2H3,(H,20,21). The van der Waals surface area contributed by atoms with Crippen molar-refractivity contribution in [2.24, 2.45) is 0 Å². The quantitative estimate of drug-likeness (QED) is 0.371. The van der Waals surface area contributed by atoms with Crippen LogP contribution in [-0.4, -0.2) is 29.8 Å². The molecule has 0 spiro atoms. The lowest BCUT2D eigenvalue weighted by atomic mass is 10.1. The number of aromatic carboxylic acids is 1. The molecule has 0 saturated heterocycles. The Morgan fingerprint density at radius 3 is 2.46 bits per heavy atom. The van der Waals surface area contributed by atoms with Gasteiger partial charge in [-0.2, -0.15) is 0 Å². The largest absolute Gasteiger partial charge is 0.478 e. The number of benzene rings is 1. The fraction of sp³-hybridized carbons (Fsp3) is 0.556. The molecule has 1 N–H and O–H groups in total. The maximum atomic E-state index is 13.7. The molecule has 1 rings (SSSR count). The molecule has 1 aromatic rings. The fourth-order valence-corrected chi connectivity index (χ4v) is 2.12. The van der Waals surface area contributed by atoms with Crippen molar-refractivity contribution in [1.82, 2.24) is 0 Å². The SMILES string of the molecule is CCCCCCCCOC(C)C(=O)Oc1ccc(C(=O)O)cc1F. The van der Waals surface area contributed by atoms with Crippen molar-refractivity contribution in [3.05, 3.63) is 29.6 Å². The first-order chi connectivity index (χ1) is 11.5. The smallest absolute Gasteiger partial charge is 0.340 e. The molecule has 134 valence electrons. The summed E-state index contributed by atoms with van der Waals surface area (Å²) in [5.74, 6) is -3.16. The normalized spacial score (nSPS) is 12.0. The minimum Gasteiger partial charge on any atom is -0.478 e. The van der Waals surface area contributed by atoms with Gasteiger partial charge in [0.15, 0.2) is 17.7 Å². The van der Waals surface area contributed by atoms with Gasteiger partial charge >= 0.3 is 11.9 Å². The highest BCUT2D eigenvalue weighted by Gasteiger charge is 2.18. The van der Waals surface area contributed by atoms with Crippen molar-refractivity contribution >= 4 is 11.9 Å². The monoisotopic (exact) mass is 340 g/mol. The Labute approximate surface area is 141 Å². The minimum atomic E-state index is -1.25. The number of carboxylic acids is 1. The van der Waals surface area contributed by atoms with E-state index in [1.54, 1.807) is 6.92 Å². The highest BCUT2D eigenvalue weighted by molar-refractivity contribution is 5.88. The molecule has 6 heteroatoms. The van der Waals surface area contributed by atoms with Gasteiger partial charge in [0, 0.05) is 6.61 Å². The number of unbranched alkanes of at least 4 members (excludes halogenated alkanes) is 5. The molecule has 5 nitrogen and oxygen atoms in total. The van der Waals surface area contributed by atoms with E-state index in [0.717, 1.165) is 31.4 Å². The van der Waals surface area contributed by atoms with Gasteiger partial charge in [-0.3, -0.25) is 0 Å². The lowest BCUT2D eigenvalue weighted by molar-refractivity contribution is -0.146. The van der Waals surface area contributed by atoms with Crippen LogP contribution in [0.5, 0.6) is 5.75 Å². The predicted molar refractivity (Wildman–Crippen MR) is 87.8 cm³/mol. The lowest BCUT2D eigenvalue weighted by Crippen LogP contribution is -2.26. The molecule has 0 fully saturated rings. The molecular formula is C18H25FO5. The highest BCUT2D eigenvalue weighted by atomic mass is 19.1. The van der Waals surface area contributed by atoms with Crippen LogP contribution < -0.4 is 4.74 Å². The summed E-state index contributed by atoms with van der Waals surface area (Å²) in [6, 6.07) is 3.11. The topological polar surface area (TPSA) is 72.8 Å². The second kappa shape index (κ2) is 10.8. The van der Waals surface area contributed by atoms with Crippen LogP contribution in [0.3, 0.4) is 0 Å². The van der Waals surface area contributed by atoms with E-state index in [4.69, 9.17) is 14.6 Å². The van der Waals surface area contributed by atoms with E-state index in [0.29, 0.717) is 6.61 Å². The fourth-order valence-electron chi connectivity index (χ4n) is 2.12. The molecule has 0 bridgehead atoms. The van der Waals surface area contributed by atoms with E-state index in [9.17, 15) is 14.0 Å². The summed E-state index contributed by atoms with van der Waals surface area (Å²) in [7, 11) is 0. The Hall–Kier alpha value is -1.95. The molecule has 0 amide bonds. The van der Waals surface area contributed by atoms with Crippen LogP contribution in [-0.2, 0) is 9.53 Å². The van der Waals surface area contributed by atoms with Crippen molar-refractivity contribution < 1.29 is 28.6 Å². The zero-order valence-electron chi connectivity index (χ0n) is 14.2. The van der Waals surface area contributed by atoms with E-state index in [1.807, 2.05) is 0 Å². The number of ether oxygens (including phenoxy) is 2. The molecule has 0 heterocycles. The van der Waals surface area contributed by atoms with Crippen LogP contribution in [0.25, 0.3) is 0 Å². The summed E-state index contributed by atoms with van der Waals surface area (Å²) < 4.78 is 24.0. The maximum absolute atomic E-state index is 13.7. The lowest BCUT2D eigenvalue weighted by Gasteiger charge is -2.13. The second-order valence-corrected chi connectivity index (χ2v) is 5.65. The summed E-state index contributed by atoms with van der Waals surface area (Å²) in [5.41, 5.74) is -0.209. The van der Waals surface area contributed by atoms with Crippen molar-refractivity contribution in [3.8, 4) is 5.75 Å². The van der Waals surface area contributed by atoms with Gasteiger partial charge in [0.25, 0.3) is 0 Å². The van der Waals surface area contributed by atoms with E-state index in [-0.39, 0.29) is 11.3 Å². The number of esters is 1. The Morgan fingerprint density at radius 2 is 1.83 bits per heavy atom. The van der Waals surface area contributed by atoms with Gasteiger partial charge in [0.2, 0.25) is 0 Å². The Balaban J connectivity index is 2.35. The summed E-state index contributed by atoms with van der Waals surface area (Å²) in [6.07, 6.45) is 5.89. The summed E-state index contributed by atoms with van der Waals surface area (Å²) in [6.45, 7) is 4.15. The number of halogens is 1. The highest BCUT2D eigenvalue weighted by Crippen LogP contribution is 2.19. The van der Waals surface area contributed by atoms with Crippen molar-refractivity contribution in [3.63, 3.8) is 0 Å². The van der Waals surface area contributed by atoms with Crippen molar-refractivity contribution in [2.75, 3.05) is 6.61 Å². The number of carbonyl (C=O) groups is 2. The third kappa shape index (κ3) is 7.08. The van der Waals surface area contributed by atoms with Crippen LogP contribution in [0, 0.1) is 5.82 Å². The third-order valence-corrected chi connectivity index (χ3v) is 3.59. The van der Waals surface area contributed by atoms with Gasteiger partial charge in [0.1, 0.15) is 0 Å². The van der Waals surface area contributed by atoms with Gasteiger partial charge in [-0.05, 0) is 31.5 Å². The molecule has 0 saturated carbocycles. The molecular weight excluding hydrogens is 315 g/mol. The van der Waals surface area contributed by atoms with Crippen molar-refractivity contribution in [1.29, 1.82) is 0 Å². The molecule has 0 aliphatic rings. The molecule has 1 atom stereocenters. The summed E-state index contributed by atoms with van der Waals surface area (Å²) in [5, 5.41) is 8.76. The van der Waals surface area contributed by atoms with Crippen LogP contribution >= 0.6 is 0 Å². The maximum Gasteiger partial charge on any atom is 0.340 e. The van der Waals surface area contributed by atoms with E-state index >= 15 is 0 Å². The average Bonchev–Trinajstić information content (AvgIpc) is 2.55. The molecule has 24 heavy (non-hydrogen) atoms. The molecule has 1 aromatic carbocycles. The van der Waals surface area contributed by atoms with E-state index in [1.165, 1.54) is 25.3 Å².